The number of benzene rings is 2. The number of carbonyl (C=O) groups is 2. The summed E-state index contributed by atoms with van der Waals surface area (Å²) in [5, 5.41) is 9.99. The van der Waals surface area contributed by atoms with Gasteiger partial charge in [0.25, 0.3) is 5.91 Å². The molecule has 6 heteroatoms. The molecule has 0 saturated heterocycles. The molecule has 1 unspecified atom stereocenters. The van der Waals surface area contributed by atoms with Gasteiger partial charge in [-0.2, -0.15) is 5.10 Å². The van der Waals surface area contributed by atoms with E-state index >= 15 is 0 Å². The van der Waals surface area contributed by atoms with Gasteiger partial charge < -0.3 is 10.6 Å². The Bertz CT molecular complexity index is 934. The highest BCUT2D eigenvalue weighted by Crippen LogP contribution is 2.16. The summed E-state index contributed by atoms with van der Waals surface area (Å²) in [6, 6.07) is 18.1. The van der Waals surface area contributed by atoms with E-state index in [-0.39, 0.29) is 24.3 Å². The maximum Gasteiger partial charge on any atom is 0.251 e. The maximum atomic E-state index is 12.3. The van der Waals surface area contributed by atoms with Gasteiger partial charge in [-0.3, -0.25) is 9.59 Å². The number of aryl methyl sites for hydroxylation is 1. The van der Waals surface area contributed by atoms with Gasteiger partial charge in [0.05, 0.1) is 5.69 Å². The zero-order valence-electron chi connectivity index (χ0n) is 15.3. The van der Waals surface area contributed by atoms with Gasteiger partial charge in [-0.05, 0) is 50.2 Å². The van der Waals surface area contributed by atoms with E-state index in [0.717, 1.165) is 11.4 Å². The highest BCUT2D eigenvalue weighted by molar-refractivity contribution is 5.95. The molecule has 0 spiro atoms. The second kappa shape index (κ2) is 8.31. The predicted molar refractivity (Wildman–Crippen MR) is 105 cm³/mol. The van der Waals surface area contributed by atoms with Crippen LogP contribution in [-0.4, -0.2) is 27.6 Å². The van der Waals surface area contributed by atoms with Crippen LogP contribution in [0.5, 0.6) is 0 Å². The summed E-state index contributed by atoms with van der Waals surface area (Å²) >= 11 is 0. The second-order valence-corrected chi connectivity index (χ2v) is 6.43. The Kier molecular flexibility index (Phi) is 5.66. The summed E-state index contributed by atoms with van der Waals surface area (Å²) in [7, 11) is 0. The number of nitrogens with one attached hydrogen (secondary N) is 2. The number of anilines is 1. The molecule has 1 atom stereocenters. The molecular formula is C21H22N4O2. The minimum atomic E-state index is -0.283. The molecule has 6 nitrogen and oxygen atoms in total. The fourth-order valence-electron chi connectivity index (χ4n) is 2.79. The van der Waals surface area contributed by atoms with E-state index < -0.39 is 0 Å². The summed E-state index contributed by atoms with van der Waals surface area (Å²) in [5.74, 6) is -0.350. The molecule has 0 aliphatic rings. The zero-order valence-corrected chi connectivity index (χ0v) is 15.3. The molecule has 3 aromatic rings. The van der Waals surface area contributed by atoms with Crippen molar-refractivity contribution in [1.82, 2.24) is 15.1 Å². The number of aromatic nitrogens is 2. The van der Waals surface area contributed by atoms with Crippen LogP contribution in [0.1, 0.15) is 29.4 Å². The third-order valence-corrected chi connectivity index (χ3v) is 4.11. The van der Waals surface area contributed by atoms with Crippen LogP contribution in [0.15, 0.2) is 66.9 Å². The predicted octanol–water partition coefficient (Wildman–Crippen LogP) is 3.33. The van der Waals surface area contributed by atoms with Crippen LogP contribution in [0, 0.1) is 6.92 Å². The molecule has 1 heterocycles. The van der Waals surface area contributed by atoms with E-state index in [1.165, 1.54) is 0 Å². The van der Waals surface area contributed by atoms with Crippen LogP contribution < -0.4 is 10.6 Å². The largest absolute Gasteiger partial charge is 0.349 e. The Labute approximate surface area is 158 Å². The third-order valence-electron chi connectivity index (χ3n) is 4.11. The lowest BCUT2D eigenvalue weighted by molar-refractivity contribution is -0.116. The van der Waals surface area contributed by atoms with E-state index in [4.69, 9.17) is 0 Å². The first-order valence-electron chi connectivity index (χ1n) is 8.80. The Morgan fingerprint density at radius 3 is 2.56 bits per heavy atom. The van der Waals surface area contributed by atoms with Crippen molar-refractivity contribution in [3.05, 3.63) is 78.1 Å². The Morgan fingerprint density at radius 1 is 1.07 bits per heavy atom. The number of hydrogen-bond acceptors (Lipinski definition) is 3. The summed E-state index contributed by atoms with van der Waals surface area (Å²) in [6.07, 6.45) is 1.92. The standard InChI is InChI=1S/C21H22N4O2/c1-15(23-21(27)17-7-4-3-5-8-17)13-20(26)24-18-9-6-10-19(14-18)25-16(2)11-12-22-25/h3-12,14-15H,13H2,1-2H3,(H,23,27)(H,24,26). The average Bonchev–Trinajstić information content (AvgIpc) is 3.08. The molecule has 1 aromatic heterocycles. The lowest BCUT2D eigenvalue weighted by Crippen LogP contribution is -2.35. The van der Waals surface area contributed by atoms with Crippen molar-refractivity contribution in [1.29, 1.82) is 0 Å². The average molecular weight is 362 g/mol. The summed E-state index contributed by atoms with van der Waals surface area (Å²) < 4.78 is 1.80. The van der Waals surface area contributed by atoms with Gasteiger partial charge in [0.1, 0.15) is 0 Å². The Morgan fingerprint density at radius 2 is 1.85 bits per heavy atom. The van der Waals surface area contributed by atoms with E-state index in [9.17, 15) is 9.59 Å². The van der Waals surface area contributed by atoms with Crippen LogP contribution in [0.2, 0.25) is 0 Å². The van der Waals surface area contributed by atoms with Gasteiger partial charge in [0, 0.05) is 35.6 Å². The van der Waals surface area contributed by atoms with Crippen LogP contribution in [0.4, 0.5) is 5.69 Å². The molecule has 138 valence electrons. The van der Waals surface area contributed by atoms with Crippen LogP contribution >= 0.6 is 0 Å². The topological polar surface area (TPSA) is 76.0 Å². The number of amides is 2. The highest BCUT2D eigenvalue weighted by atomic mass is 16.2. The van der Waals surface area contributed by atoms with Gasteiger partial charge in [0.15, 0.2) is 0 Å². The molecule has 2 N–H and O–H groups in total. The minimum Gasteiger partial charge on any atom is -0.349 e. The van der Waals surface area contributed by atoms with Crippen molar-refractivity contribution < 1.29 is 9.59 Å². The molecule has 27 heavy (non-hydrogen) atoms. The molecule has 2 amide bonds. The van der Waals surface area contributed by atoms with Gasteiger partial charge in [-0.15, -0.1) is 0 Å². The van der Waals surface area contributed by atoms with E-state index in [0.29, 0.717) is 11.3 Å². The lowest BCUT2D eigenvalue weighted by Gasteiger charge is -2.14. The quantitative estimate of drug-likeness (QED) is 0.706. The highest BCUT2D eigenvalue weighted by Gasteiger charge is 2.13. The molecule has 0 aliphatic heterocycles. The van der Waals surface area contributed by atoms with Crippen LogP contribution in [0.3, 0.4) is 0 Å². The van der Waals surface area contributed by atoms with Crippen molar-refractivity contribution >= 4 is 17.5 Å². The Balaban J connectivity index is 1.58. The normalized spacial score (nSPS) is 11.6. The van der Waals surface area contributed by atoms with Gasteiger partial charge in [-0.1, -0.05) is 24.3 Å². The maximum absolute atomic E-state index is 12.3. The van der Waals surface area contributed by atoms with Crippen LogP contribution in [-0.2, 0) is 4.79 Å². The molecule has 0 aliphatic carbocycles. The van der Waals surface area contributed by atoms with Crippen molar-refractivity contribution in [2.24, 2.45) is 0 Å². The van der Waals surface area contributed by atoms with Crippen molar-refractivity contribution in [2.45, 2.75) is 26.3 Å². The molecule has 0 bridgehead atoms. The molecule has 2 aromatic carbocycles. The molecule has 0 radical (unpaired) electrons. The first kappa shape index (κ1) is 18.4. The molecule has 0 fully saturated rings. The first-order valence-corrected chi connectivity index (χ1v) is 8.80. The smallest absolute Gasteiger partial charge is 0.251 e. The van der Waals surface area contributed by atoms with Gasteiger partial charge in [-0.25, -0.2) is 4.68 Å². The monoisotopic (exact) mass is 362 g/mol. The summed E-state index contributed by atoms with van der Waals surface area (Å²) in [5.41, 5.74) is 3.15. The van der Waals surface area contributed by atoms with E-state index in [1.807, 2.05) is 50.2 Å². The summed E-state index contributed by atoms with van der Waals surface area (Å²) in [6.45, 7) is 3.78. The molecular weight excluding hydrogens is 340 g/mol. The van der Waals surface area contributed by atoms with Crippen molar-refractivity contribution in [3.63, 3.8) is 0 Å². The lowest BCUT2D eigenvalue weighted by atomic mass is 10.1. The van der Waals surface area contributed by atoms with Gasteiger partial charge in [0.2, 0.25) is 5.91 Å². The number of hydrogen-bond donors (Lipinski definition) is 2. The summed E-state index contributed by atoms with van der Waals surface area (Å²) in [4.78, 5) is 24.5. The minimum absolute atomic E-state index is 0.162. The SMILES string of the molecule is Cc1ccnn1-c1cccc(NC(=O)CC(C)NC(=O)c2ccccc2)c1. The fraction of sp³-hybridized carbons (Fsp3) is 0.190. The number of rotatable bonds is 6. The molecule has 3 rings (SSSR count). The second-order valence-electron chi connectivity index (χ2n) is 6.43. The van der Waals surface area contributed by atoms with Crippen LogP contribution in [0.25, 0.3) is 5.69 Å². The number of carbonyl (C=O) groups excluding carboxylic acids is 2. The van der Waals surface area contributed by atoms with E-state index in [1.54, 1.807) is 35.1 Å². The van der Waals surface area contributed by atoms with Crippen molar-refractivity contribution in [3.8, 4) is 5.69 Å². The fourth-order valence-corrected chi connectivity index (χ4v) is 2.79. The van der Waals surface area contributed by atoms with E-state index in [2.05, 4.69) is 15.7 Å². The number of nitrogens with zero attached hydrogens (tertiary/aromatic N) is 2. The van der Waals surface area contributed by atoms with Gasteiger partial charge >= 0.3 is 0 Å². The molecule has 0 saturated carbocycles. The Hall–Kier alpha value is -3.41. The zero-order chi connectivity index (χ0) is 19.2. The third kappa shape index (κ3) is 4.82. The van der Waals surface area contributed by atoms with Crippen molar-refractivity contribution in [2.75, 3.05) is 5.32 Å². The first-order chi connectivity index (χ1) is 13.0.